The van der Waals surface area contributed by atoms with Crippen LogP contribution >= 0.6 is 0 Å². The zero-order valence-corrected chi connectivity index (χ0v) is 22.8. The van der Waals surface area contributed by atoms with Crippen molar-refractivity contribution in [2.45, 2.75) is 26.7 Å². The summed E-state index contributed by atoms with van der Waals surface area (Å²) in [5.41, 5.74) is 9.61. The van der Waals surface area contributed by atoms with Gasteiger partial charge in [0.05, 0.1) is 35.5 Å². The molecule has 1 aliphatic heterocycles. The third-order valence-corrected chi connectivity index (χ3v) is 6.93. The Labute approximate surface area is 232 Å². The van der Waals surface area contributed by atoms with Gasteiger partial charge in [0.2, 0.25) is 11.9 Å². The second-order valence-corrected chi connectivity index (χ2v) is 9.70. The van der Waals surface area contributed by atoms with Gasteiger partial charge in [0.1, 0.15) is 11.6 Å². The van der Waals surface area contributed by atoms with Gasteiger partial charge in [0.25, 0.3) is 5.56 Å². The number of nitrogens with two attached hydrogens (primary N) is 1. The lowest BCUT2D eigenvalue weighted by Gasteiger charge is -2.25. The minimum atomic E-state index is -0.0815. The molecule has 0 atom stereocenters. The molecule has 0 saturated carbocycles. The Balaban J connectivity index is 1.35. The molecule has 0 aliphatic carbocycles. The van der Waals surface area contributed by atoms with Crippen LogP contribution in [0.15, 0.2) is 59.4 Å². The molecule has 1 saturated heterocycles. The first-order chi connectivity index (χ1) is 19.4. The van der Waals surface area contributed by atoms with Gasteiger partial charge in [0, 0.05) is 37.7 Å². The second kappa shape index (κ2) is 12.1. The molecule has 5 rings (SSSR count). The van der Waals surface area contributed by atoms with Crippen LogP contribution in [0, 0.1) is 13.8 Å². The van der Waals surface area contributed by atoms with E-state index in [1.54, 1.807) is 15.5 Å². The molecular formula is C30H33N7O3. The summed E-state index contributed by atoms with van der Waals surface area (Å²) in [5.74, 6) is 1.31. The predicted molar refractivity (Wildman–Crippen MR) is 157 cm³/mol. The Hall–Kier alpha value is -4.57. The van der Waals surface area contributed by atoms with Crippen LogP contribution in [-0.4, -0.2) is 63.2 Å². The van der Waals surface area contributed by atoms with Gasteiger partial charge in [-0.05, 0) is 50.1 Å². The summed E-state index contributed by atoms with van der Waals surface area (Å²) in [6.07, 6.45) is 4.50. The van der Waals surface area contributed by atoms with E-state index in [1.807, 2.05) is 62.4 Å². The van der Waals surface area contributed by atoms with E-state index in [9.17, 15) is 9.59 Å². The first kappa shape index (κ1) is 27.0. The minimum Gasteiger partial charge on any atom is -0.378 e. The Bertz CT molecular complexity index is 1610. The lowest BCUT2D eigenvalue weighted by atomic mass is 10.1. The third-order valence-electron chi connectivity index (χ3n) is 6.93. The molecule has 206 valence electrons. The van der Waals surface area contributed by atoms with Gasteiger partial charge in [-0.15, -0.1) is 0 Å². The molecule has 0 spiro atoms. The van der Waals surface area contributed by atoms with E-state index in [2.05, 4.69) is 15.3 Å². The number of aromatic nitrogens is 4. The summed E-state index contributed by atoms with van der Waals surface area (Å²) in [4.78, 5) is 41.5. The van der Waals surface area contributed by atoms with Crippen LogP contribution < -0.4 is 16.6 Å². The standard InChI is InChI=1S/C30H33N7O3/c1-20-8-6-11-24-27(20)29(39)37(22-9-4-3-5-10-22)25(34-24)12-7-15-32-28-23(21(2)33-30(31)35-28)13-14-26(38)36-16-18-40-19-17-36/h3-6,8-11,13-14H,7,12,15-19H2,1-2H3,(H3,31,32,33,35)/b14-13+. The van der Waals surface area contributed by atoms with Gasteiger partial charge in [-0.1, -0.05) is 30.3 Å². The van der Waals surface area contributed by atoms with E-state index in [1.165, 1.54) is 6.08 Å². The number of nitrogen functional groups attached to an aromatic ring is 1. The average Bonchev–Trinajstić information content (AvgIpc) is 2.95. The number of nitrogens with one attached hydrogen (secondary N) is 1. The number of hydrogen-bond donors (Lipinski definition) is 2. The minimum absolute atomic E-state index is 0.0752. The van der Waals surface area contributed by atoms with Gasteiger partial charge < -0.3 is 20.7 Å². The molecular weight excluding hydrogens is 506 g/mol. The number of amides is 1. The van der Waals surface area contributed by atoms with E-state index in [4.69, 9.17) is 15.5 Å². The van der Waals surface area contributed by atoms with Crippen LogP contribution in [0.2, 0.25) is 0 Å². The fraction of sp³-hybridized carbons (Fsp3) is 0.300. The van der Waals surface area contributed by atoms with E-state index in [-0.39, 0.29) is 17.4 Å². The summed E-state index contributed by atoms with van der Waals surface area (Å²) in [6.45, 7) is 6.54. The lowest BCUT2D eigenvalue weighted by Crippen LogP contribution is -2.39. The highest BCUT2D eigenvalue weighted by Gasteiger charge is 2.16. The Morgan fingerprint density at radius 2 is 1.82 bits per heavy atom. The van der Waals surface area contributed by atoms with Gasteiger partial charge >= 0.3 is 0 Å². The number of carbonyl (C=O) groups is 1. The molecule has 10 heteroatoms. The number of morpholine rings is 1. The van der Waals surface area contributed by atoms with E-state index in [0.29, 0.717) is 79.5 Å². The third kappa shape index (κ3) is 5.86. The molecule has 1 aliphatic rings. The highest BCUT2D eigenvalue weighted by molar-refractivity contribution is 5.92. The second-order valence-electron chi connectivity index (χ2n) is 9.70. The topological polar surface area (TPSA) is 128 Å². The van der Waals surface area contributed by atoms with Crippen LogP contribution in [0.1, 0.15) is 29.1 Å². The predicted octanol–water partition coefficient (Wildman–Crippen LogP) is 3.29. The van der Waals surface area contributed by atoms with Crippen molar-refractivity contribution in [3.63, 3.8) is 0 Å². The number of carbonyl (C=O) groups excluding carboxylic acids is 1. The first-order valence-electron chi connectivity index (χ1n) is 13.4. The number of fused-ring (bicyclic) bond motifs is 1. The average molecular weight is 540 g/mol. The number of ether oxygens (including phenoxy) is 1. The largest absolute Gasteiger partial charge is 0.378 e. The molecule has 0 radical (unpaired) electrons. The van der Waals surface area contributed by atoms with Gasteiger partial charge in [-0.2, -0.15) is 4.98 Å². The molecule has 3 N–H and O–H groups in total. The summed E-state index contributed by atoms with van der Waals surface area (Å²) in [6, 6.07) is 15.3. The molecule has 2 aromatic heterocycles. The highest BCUT2D eigenvalue weighted by Crippen LogP contribution is 2.21. The van der Waals surface area contributed by atoms with E-state index < -0.39 is 0 Å². The van der Waals surface area contributed by atoms with Crippen molar-refractivity contribution in [2.24, 2.45) is 0 Å². The SMILES string of the molecule is Cc1nc(N)nc(NCCCc2nc3cccc(C)c3c(=O)n2-c2ccccc2)c1/C=C/C(=O)N1CCOCC1. The van der Waals surface area contributed by atoms with Crippen LogP contribution in [-0.2, 0) is 16.0 Å². The van der Waals surface area contributed by atoms with Crippen LogP contribution in [0.4, 0.5) is 11.8 Å². The van der Waals surface area contributed by atoms with Crippen molar-refractivity contribution in [1.29, 1.82) is 0 Å². The van der Waals surface area contributed by atoms with E-state index in [0.717, 1.165) is 11.3 Å². The van der Waals surface area contributed by atoms with Crippen LogP contribution in [0.5, 0.6) is 0 Å². The number of nitrogens with zero attached hydrogens (tertiary/aromatic N) is 5. The van der Waals surface area contributed by atoms with Gasteiger partial charge in [-0.25, -0.2) is 9.97 Å². The van der Waals surface area contributed by atoms with Crippen molar-refractivity contribution in [3.05, 3.63) is 87.6 Å². The van der Waals surface area contributed by atoms with Crippen molar-refractivity contribution in [2.75, 3.05) is 43.9 Å². The fourth-order valence-corrected chi connectivity index (χ4v) is 4.89. The number of anilines is 2. The van der Waals surface area contributed by atoms with Gasteiger partial charge in [0.15, 0.2) is 0 Å². The Morgan fingerprint density at radius 1 is 1.05 bits per heavy atom. The zero-order chi connectivity index (χ0) is 28.1. The monoisotopic (exact) mass is 539 g/mol. The summed E-state index contributed by atoms with van der Waals surface area (Å²) >= 11 is 0. The van der Waals surface area contributed by atoms with Crippen LogP contribution in [0.25, 0.3) is 22.7 Å². The molecule has 40 heavy (non-hydrogen) atoms. The molecule has 1 amide bonds. The fourth-order valence-electron chi connectivity index (χ4n) is 4.89. The molecule has 4 aromatic rings. The maximum Gasteiger partial charge on any atom is 0.266 e. The van der Waals surface area contributed by atoms with Crippen molar-refractivity contribution in [3.8, 4) is 5.69 Å². The molecule has 0 unspecified atom stereocenters. The normalized spacial score (nSPS) is 13.7. The molecule has 0 bridgehead atoms. The summed E-state index contributed by atoms with van der Waals surface area (Å²) in [7, 11) is 0. The van der Waals surface area contributed by atoms with Crippen molar-refractivity contribution >= 4 is 34.7 Å². The Morgan fingerprint density at radius 3 is 2.60 bits per heavy atom. The molecule has 3 heterocycles. The van der Waals surface area contributed by atoms with Crippen molar-refractivity contribution < 1.29 is 9.53 Å². The Kier molecular flexibility index (Phi) is 8.16. The first-order valence-corrected chi connectivity index (χ1v) is 13.4. The number of hydrogen-bond acceptors (Lipinski definition) is 8. The molecule has 2 aromatic carbocycles. The summed E-state index contributed by atoms with van der Waals surface area (Å²) < 4.78 is 7.03. The molecule has 1 fully saturated rings. The number of para-hydroxylation sites is 1. The maximum atomic E-state index is 13.6. The smallest absolute Gasteiger partial charge is 0.266 e. The number of rotatable bonds is 8. The zero-order valence-electron chi connectivity index (χ0n) is 22.8. The van der Waals surface area contributed by atoms with E-state index >= 15 is 0 Å². The maximum absolute atomic E-state index is 13.6. The summed E-state index contributed by atoms with van der Waals surface area (Å²) in [5, 5.41) is 3.97. The number of benzene rings is 2. The quantitative estimate of drug-likeness (QED) is 0.258. The van der Waals surface area contributed by atoms with Crippen LogP contribution in [0.3, 0.4) is 0 Å². The van der Waals surface area contributed by atoms with Crippen molar-refractivity contribution in [1.82, 2.24) is 24.4 Å². The number of aryl methyl sites for hydroxylation is 3. The lowest BCUT2D eigenvalue weighted by molar-refractivity contribution is -0.129. The highest BCUT2D eigenvalue weighted by atomic mass is 16.5. The van der Waals surface area contributed by atoms with Gasteiger partial charge in [-0.3, -0.25) is 14.2 Å². The molecule has 10 nitrogen and oxygen atoms in total.